The van der Waals surface area contributed by atoms with E-state index in [1.807, 2.05) is 0 Å². The SMILES string of the molecule is CCCCOC(=O)NC1CC(C)CC(C)(C)C1. The summed E-state index contributed by atoms with van der Waals surface area (Å²) in [6.45, 7) is 9.44. The Morgan fingerprint density at radius 2 is 2.12 bits per heavy atom. The maximum Gasteiger partial charge on any atom is 0.407 e. The van der Waals surface area contributed by atoms with Crippen molar-refractivity contribution in [2.24, 2.45) is 11.3 Å². The Kier molecular flexibility index (Phi) is 5.29. The van der Waals surface area contributed by atoms with Crippen molar-refractivity contribution < 1.29 is 9.53 Å². The van der Waals surface area contributed by atoms with E-state index in [-0.39, 0.29) is 12.1 Å². The van der Waals surface area contributed by atoms with Crippen molar-refractivity contribution in [2.75, 3.05) is 6.61 Å². The first-order valence-electron chi connectivity index (χ1n) is 6.86. The highest BCUT2D eigenvalue weighted by atomic mass is 16.5. The molecule has 1 fully saturated rings. The first-order valence-corrected chi connectivity index (χ1v) is 6.86. The topological polar surface area (TPSA) is 38.3 Å². The minimum atomic E-state index is -0.242. The highest BCUT2D eigenvalue weighted by Crippen LogP contribution is 2.38. The van der Waals surface area contributed by atoms with Crippen LogP contribution >= 0.6 is 0 Å². The molecular weight excluding hydrogens is 214 g/mol. The third-order valence-electron chi connectivity index (χ3n) is 3.44. The second-order valence-electron chi connectivity index (χ2n) is 6.24. The number of amides is 1. The van der Waals surface area contributed by atoms with Crippen LogP contribution in [0.25, 0.3) is 0 Å². The van der Waals surface area contributed by atoms with Crippen molar-refractivity contribution in [3.05, 3.63) is 0 Å². The molecule has 0 aromatic carbocycles. The summed E-state index contributed by atoms with van der Waals surface area (Å²) in [5.74, 6) is 0.680. The third-order valence-corrected chi connectivity index (χ3v) is 3.44. The molecule has 0 aliphatic heterocycles. The summed E-state index contributed by atoms with van der Waals surface area (Å²) < 4.78 is 5.14. The summed E-state index contributed by atoms with van der Waals surface area (Å²) in [5, 5.41) is 3.00. The Hall–Kier alpha value is -0.730. The molecule has 3 heteroatoms. The number of alkyl carbamates (subject to hydrolysis) is 1. The summed E-state index contributed by atoms with van der Waals surface area (Å²) in [4.78, 5) is 11.6. The first-order chi connectivity index (χ1) is 7.93. The Bertz CT molecular complexity index is 251. The van der Waals surface area contributed by atoms with Crippen molar-refractivity contribution in [3.8, 4) is 0 Å². The molecule has 17 heavy (non-hydrogen) atoms. The molecule has 1 amide bonds. The Morgan fingerprint density at radius 1 is 1.41 bits per heavy atom. The van der Waals surface area contributed by atoms with Crippen molar-refractivity contribution in [1.82, 2.24) is 5.32 Å². The number of unbranched alkanes of at least 4 members (excludes halogenated alkanes) is 1. The van der Waals surface area contributed by atoms with Gasteiger partial charge in [0.15, 0.2) is 0 Å². The molecule has 0 spiro atoms. The van der Waals surface area contributed by atoms with Gasteiger partial charge in [-0.2, -0.15) is 0 Å². The van der Waals surface area contributed by atoms with Crippen LogP contribution in [0.3, 0.4) is 0 Å². The molecule has 100 valence electrons. The lowest BCUT2D eigenvalue weighted by Gasteiger charge is -2.39. The van der Waals surface area contributed by atoms with E-state index in [0.29, 0.717) is 17.9 Å². The zero-order chi connectivity index (χ0) is 12.9. The predicted molar refractivity (Wildman–Crippen MR) is 70.0 cm³/mol. The van der Waals surface area contributed by atoms with Crippen LogP contribution in [0.1, 0.15) is 59.8 Å². The van der Waals surface area contributed by atoms with Gasteiger partial charge in [-0.05, 0) is 37.0 Å². The molecule has 1 saturated carbocycles. The number of rotatable bonds is 4. The van der Waals surface area contributed by atoms with Gasteiger partial charge in [0.05, 0.1) is 6.61 Å². The van der Waals surface area contributed by atoms with Gasteiger partial charge >= 0.3 is 6.09 Å². The summed E-state index contributed by atoms with van der Waals surface area (Å²) >= 11 is 0. The van der Waals surface area contributed by atoms with Crippen molar-refractivity contribution in [3.63, 3.8) is 0 Å². The largest absolute Gasteiger partial charge is 0.450 e. The lowest BCUT2D eigenvalue weighted by molar-refractivity contribution is 0.116. The van der Waals surface area contributed by atoms with Gasteiger partial charge in [-0.3, -0.25) is 0 Å². The van der Waals surface area contributed by atoms with Gasteiger partial charge in [0, 0.05) is 6.04 Å². The molecule has 3 nitrogen and oxygen atoms in total. The van der Waals surface area contributed by atoms with Gasteiger partial charge in [-0.25, -0.2) is 4.79 Å². The maximum absolute atomic E-state index is 11.6. The Balaban J connectivity index is 2.32. The second-order valence-corrected chi connectivity index (χ2v) is 6.24. The number of hydrogen-bond donors (Lipinski definition) is 1. The van der Waals surface area contributed by atoms with Gasteiger partial charge < -0.3 is 10.1 Å². The van der Waals surface area contributed by atoms with Crippen LogP contribution in [0.15, 0.2) is 0 Å². The standard InChI is InChI=1S/C14H27NO2/c1-5-6-7-17-13(16)15-12-8-11(2)9-14(3,4)10-12/h11-12H,5-10H2,1-4H3,(H,15,16). The molecule has 0 heterocycles. The van der Waals surface area contributed by atoms with Crippen molar-refractivity contribution >= 4 is 6.09 Å². The van der Waals surface area contributed by atoms with E-state index >= 15 is 0 Å². The fraction of sp³-hybridized carbons (Fsp3) is 0.929. The molecule has 1 N–H and O–H groups in total. The summed E-state index contributed by atoms with van der Waals surface area (Å²) in [7, 11) is 0. The minimum absolute atomic E-state index is 0.242. The zero-order valence-electron chi connectivity index (χ0n) is 11.7. The molecule has 0 bridgehead atoms. The normalized spacial score (nSPS) is 27.5. The van der Waals surface area contributed by atoms with E-state index in [1.54, 1.807) is 0 Å². The molecule has 2 atom stereocenters. The third kappa shape index (κ3) is 5.42. The fourth-order valence-corrected chi connectivity index (χ4v) is 2.97. The second kappa shape index (κ2) is 6.27. The van der Waals surface area contributed by atoms with Crippen LogP contribution in [-0.2, 0) is 4.74 Å². The average molecular weight is 241 g/mol. The van der Waals surface area contributed by atoms with Crippen LogP contribution in [0.2, 0.25) is 0 Å². The van der Waals surface area contributed by atoms with Gasteiger partial charge in [0.1, 0.15) is 0 Å². The first kappa shape index (κ1) is 14.3. The van der Waals surface area contributed by atoms with Gasteiger partial charge in [0.2, 0.25) is 0 Å². The van der Waals surface area contributed by atoms with Crippen LogP contribution < -0.4 is 5.32 Å². The lowest BCUT2D eigenvalue weighted by atomic mass is 9.71. The van der Waals surface area contributed by atoms with Crippen LogP contribution in [0.5, 0.6) is 0 Å². The minimum Gasteiger partial charge on any atom is -0.450 e. The molecule has 0 aromatic rings. The Labute approximate surface area is 105 Å². The van der Waals surface area contributed by atoms with Gasteiger partial charge in [-0.1, -0.05) is 34.1 Å². The molecule has 0 radical (unpaired) electrons. The Morgan fingerprint density at radius 3 is 2.71 bits per heavy atom. The number of carbonyl (C=O) groups excluding carboxylic acids is 1. The molecule has 0 saturated heterocycles. The quantitative estimate of drug-likeness (QED) is 0.762. The molecule has 0 aromatic heterocycles. The van der Waals surface area contributed by atoms with E-state index in [4.69, 9.17) is 4.74 Å². The van der Waals surface area contributed by atoms with Crippen molar-refractivity contribution in [2.45, 2.75) is 65.8 Å². The monoisotopic (exact) mass is 241 g/mol. The van der Waals surface area contributed by atoms with Crippen molar-refractivity contribution in [1.29, 1.82) is 0 Å². The molecule has 1 aliphatic carbocycles. The molecular formula is C14H27NO2. The van der Waals surface area contributed by atoms with E-state index in [9.17, 15) is 4.79 Å². The number of ether oxygens (including phenoxy) is 1. The predicted octanol–water partition coefficient (Wildman–Crippen LogP) is 3.73. The summed E-state index contributed by atoms with van der Waals surface area (Å²) in [6, 6.07) is 0.280. The highest BCUT2D eigenvalue weighted by molar-refractivity contribution is 5.67. The number of hydrogen-bond acceptors (Lipinski definition) is 2. The molecule has 2 unspecified atom stereocenters. The van der Waals surface area contributed by atoms with E-state index < -0.39 is 0 Å². The summed E-state index contributed by atoms with van der Waals surface area (Å²) in [5.41, 5.74) is 0.332. The van der Waals surface area contributed by atoms with Crippen LogP contribution in [-0.4, -0.2) is 18.7 Å². The van der Waals surface area contributed by atoms with Crippen LogP contribution in [0.4, 0.5) is 4.79 Å². The lowest BCUT2D eigenvalue weighted by Crippen LogP contribution is -2.43. The van der Waals surface area contributed by atoms with Gasteiger partial charge in [0.25, 0.3) is 0 Å². The number of carbonyl (C=O) groups is 1. The highest BCUT2D eigenvalue weighted by Gasteiger charge is 2.32. The summed E-state index contributed by atoms with van der Waals surface area (Å²) in [6.07, 6.45) is 5.14. The smallest absolute Gasteiger partial charge is 0.407 e. The van der Waals surface area contributed by atoms with Gasteiger partial charge in [-0.15, -0.1) is 0 Å². The average Bonchev–Trinajstić information content (AvgIpc) is 2.14. The van der Waals surface area contributed by atoms with E-state index in [2.05, 4.69) is 33.0 Å². The van der Waals surface area contributed by atoms with E-state index in [0.717, 1.165) is 25.7 Å². The number of nitrogens with one attached hydrogen (secondary N) is 1. The van der Waals surface area contributed by atoms with E-state index in [1.165, 1.54) is 6.42 Å². The fourth-order valence-electron chi connectivity index (χ4n) is 2.97. The van der Waals surface area contributed by atoms with Crippen LogP contribution in [0, 0.1) is 11.3 Å². The maximum atomic E-state index is 11.6. The molecule has 1 aliphatic rings. The zero-order valence-corrected chi connectivity index (χ0v) is 11.7. The molecule has 1 rings (SSSR count).